The first-order valence-corrected chi connectivity index (χ1v) is 5.71. The van der Waals surface area contributed by atoms with Crippen molar-refractivity contribution in [1.29, 1.82) is 0 Å². The van der Waals surface area contributed by atoms with Gasteiger partial charge in [-0.1, -0.05) is 0 Å². The predicted octanol–water partition coefficient (Wildman–Crippen LogP) is 1.14. The Hall–Kier alpha value is -2.28. The van der Waals surface area contributed by atoms with Crippen molar-refractivity contribution in [1.82, 2.24) is 20.2 Å². The molecule has 0 unspecified atom stereocenters. The van der Waals surface area contributed by atoms with E-state index in [2.05, 4.69) is 31.7 Å². The molecule has 0 bridgehead atoms. The topological polar surface area (TPSA) is 82.0 Å². The van der Waals surface area contributed by atoms with Gasteiger partial charge in [-0.3, -0.25) is 0 Å². The smallest absolute Gasteiger partial charge is 0.157 e. The van der Waals surface area contributed by atoms with Gasteiger partial charge >= 0.3 is 0 Å². The number of ether oxygens (including phenoxy) is 2. The first-order chi connectivity index (χ1) is 9.28. The van der Waals surface area contributed by atoms with Crippen LogP contribution >= 0.6 is 0 Å². The van der Waals surface area contributed by atoms with Crippen LogP contribution in [-0.2, 0) is 4.74 Å². The van der Waals surface area contributed by atoms with E-state index in [1.165, 1.54) is 6.20 Å². The lowest BCUT2D eigenvalue weighted by Crippen LogP contribution is -2.05. The fraction of sp³-hybridized carbons (Fsp3) is 0.333. The molecule has 99 valence electrons. The van der Waals surface area contributed by atoms with Crippen molar-refractivity contribution in [3.8, 4) is 5.75 Å². The Labute approximate surface area is 111 Å². The van der Waals surface area contributed by atoms with Crippen LogP contribution in [0.1, 0.15) is 5.82 Å². The molecule has 1 radical (unpaired) electrons. The summed E-state index contributed by atoms with van der Waals surface area (Å²) in [6.07, 6.45) is 4.27. The van der Waals surface area contributed by atoms with Gasteiger partial charge in [-0.2, -0.15) is 5.10 Å². The summed E-state index contributed by atoms with van der Waals surface area (Å²) in [5, 5.41) is 10.8. The standard InChI is InChI=1S/C12H14N5O2/c1-9-13-4-3-11(15-9)16-12-7-10(8-14-17-12)19-6-5-18-2/h3,7-8H,5-6H2,1-2H3,(H,13,15,16,17). The number of hydrogen-bond acceptors (Lipinski definition) is 7. The summed E-state index contributed by atoms with van der Waals surface area (Å²) in [5.41, 5.74) is 0. The molecule has 0 atom stereocenters. The molecule has 0 aliphatic rings. The molecule has 0 saturated heterocycles. The van der Waals surface area contributed by atoms with Crippen molar-refractivity contribution in [2.75, 3.05) is 25.6 Å². The SMILES string of the molecule is COCCOc1cnnc(Nc2c[c]nc(C)n2)c1. The van der Waals surface area contributed by atoms with E-state index in [-0.39, 0.29) is 0 Å². The molecule has 0 fully saturated rings. The van der Waals surface area contributed by atoms with E-state index in [0.29, 0.717) is 36.4 Å². The number of nitrogens with one attached hydrogen (secondary N) is 1. The zero-order valence-electron chi connectivity index (χ0n) is 10.8. The number of hydrogen-bond donors (Lipinski definition) is 1. The van der Waals surface area contributed by atoms with E-state index in [1.807, 2.05) is 0 Å². The number of methoxy groups -OCH3 is 1. The lowest BCUT2D eigenvalue weighted by Gasteiger charge is -2.07. The molecule has 0 aliphatic carbocycles. The van der Waals surface area contributed by atoms with Gasteiger partial charge in [0.2, 0.25) is 0 Å². The van der Waals surface area contributed by atoms with Crippen molar-refractivity contribution in [3.05, 3.63) is 30.4 Å². The minimum atomic E-state index is 0.460. The highest BCUT2D eigenvalue weighted by Gasteiger charge is 2.02. The first kappa shape index (κ1) is 13.2. The predicted molar refractivity (Wildman–Crippen MR) is 68.3 cm³/mol. The largest absolute Gasteiger partial charge is 0.489 e. The molecule has 2 aromatic heterocycles. The third-order valence-corrected chi connectivity index (χ3v) is 2.15. The summed E-state index contributed by atoms with van der Waals surface area (Å²) in [6.45, 7) is 2.77. The third-order valence-electron chi connectivity index (χ3n) is 2.15. The Balaban J connectivity index is 2.02. The van der Waals surface area contributed by atoms with Crippen molar-refractivity contribution >= 4 is 11.6 Å². The van der Waals surface area contributed by atoms with Gasteiger partial charge in [-0.15, -0.1) is 5.10 Å². The lowest BCUT2D eigenvalue weighted by molar-refractivity contribution is 0.146. The quantitative estimate of drug-likeness (QED) is 0.780. The van der Waals surface area contributed by atoms with Gasteiger partial charge in [0.25, 0.3) is 0 Å². The van der Waals surface area contributed by atoms with Crippen LogP contribution in [0.2, 0.25) is 0 Å². The molecular formula is C12H14N5O2. The van der Waals surface area contributed by atoms with Crippen LogP contribution < -0.4 is 10.1 Å². The molecule has 19 heavy (non-hydrogen) atoms. The van der Waals surface area contributed by atoms with Crippen LogP contribution in [0.5, 0.6) is 5.75 Å². The van der Waals surface area contributed by atoms with Gasteiger partial charge in [-0.25, -0.2) is 9.97 Å². The molecule has 2 rings (SSSR count). The summed E-state index contributed by atoms with van der Waals surface area (Å²) in [4.78, 5) is 8.09. The molecule has 0 aromatic carbocycles. The molecule has 0 saturated carbocycles. The summed E-state index contributed by atoms with van der Waals surface area (Å²) >= 11 is 0. The van der Waals surface area contributed by atoms with Crippen molar-refractivity contribution in [3.63, 3.8) is 0 Å². The molecule has 0 aliphatic heterocycles. The van der Waals surface area contributed by atoms with Crippen LogP contribution in [0.25, 0.3) is 0 Å². The molecule has 7 nitrogen and oxygen atoms in total. The monoisotopic (exact) mass is 260 g/mol. The fourth-order valence-electron chi connectivity index (χ4n) is 1.35. The minimum Gasteiger partial charge on any atom is -0.489 e. The zero-order chi connectivity index (χ0) is 13.5. The Bertz CT molecular complexity index is 535. The third kappa shape index (κ3) is 4.14. The summed E-state index contributed by atoms with van der Waals surface area (Å²) < 4.78 is 10.3. The minimum absolute atomic E-state index is 0.460. The van der Waals surface area contributed by atoms with Crippen LogP contribution in [0.4, 0.5) is 11.6 Å². The molecule has 0 spiro atoms. The number of nitrogens with zero attached hydrogens (tertiary/aromatic N) is 4. The van der Waals surface area contributed by atoms with E-state index in [4.69, 9.17) is 9.47 Å². The molecule has 2 heterocycles. The van der Waals surface area contributed by atoms with Crippen LogP contribution in [0.15, 0.2) is 18.3 Å². The Morgan fingerprint density at radius 2 is 2.21 bits per heavy atom. The second-order valence-corrected chi connectivity index (χ2v) is 3.67. The van der Waals surface area contributed by atoms with Gasteiger partial charge in [0.05, 0.1) is 19.0 Å². The maximum atomic E-state index is 5.44. The lowest BCUT2D eigenvalue weighted by atomic mass is 10.4. The summed E-state index contributed by atoms with van der Waals surface area (Å²) in [5.74, 6) is 2.40. The van der Waals surface area contributed by atoms with E-state index < -0.39 is 0 Å². The number of aryl methyl sites for hydroxylation is 1. The van der Waals surface area contributed by atoms with Crippen LogP contribution in [0, 0.1) is 13.1 Å². The summed E-state index contributed by atoms with van der Waals surface area (Å²) in [7, 11) is 1.62. The van der Waals surface area contributed by atoms with Gasteiger partial charge in [0, 0.05) is 19.2 Å². The van der Waals surface area contributed by atoms with Gasteiger partial charge < -0.3 is 14.8 Å². The average Bonchev–Trinajstić information content (AvgIpc) is 2.39. The van der Waals surface area contributed by atoms with Crippen molar-refractivity contribution < 1.29 is 9.47 Å². The van der Waals surface area contributed by atoms with Crippen molar-refractivity contribution in [2.24, 2.45) is 0 Å². The molecule has 2 aromatic rings. The number of rotatable bonds is 6. The van der Waals surface area contributed by atoms with E-state index in [0.717, 1.165) is 0 Å². The van der Waals surface area contributed by atoms with Gasteiger partial charge in [-0.05, 0) is 6.92 Å². The number of aromatic nitrogens is 4. The van der Waals surface area contributed by atoms with Gasteiger partial charge in [0.15, 0.2) is 5.82 Å². The zero-order valence-corrected chi connectivity index (χ0v) is 10.8. The van der Waals surface area contributed by atoms with E-state index in [9.17, 15) is 0 Å². The maximum absolute atomic E-state index is 5.44. The van der Waals surface area contributed by atoms with E-state index in [1.54, 1.807) is 26.2 Å². The summed E-state index contributed by atoms with van der Waals surface area (Å²) in [6, 6.07) is 3.37. The maximum Gasteiger partial charge on any atom is 0.157 e. The Morgan fingerprint density at radius 3 is 3.00 bits per heavy atom. The normalized spacial score (nSPS) is 10.2. The average molecular weight is 260 g/mol. The molecule has 7 heteroatoms. The highest BCUT2D eigenvalue weighted by Crippen LogP contribution is 2.16. The first-order valence-electron chi connectivity index (χ1n) is 5.71. The van der Waals surface area contributed by atoms with Crippen LogP contribution in [0.3, 0.4) is 0 Å². The molecule has 0 amide bonds. The Morgan fingerprint density at radius 1 is 1.32 bits per heavy atom. The molecule has 1 N–H and O–H groups in total. The van der Waals surface area contributed by atoms with Crippen LogP contribution in [-0.4, -0.2) is 40.5 Å². The molecular weight excluding hydrogens is 246 g/mol. The Kier molecular flexibility index (Phi) is 4.57. The highest BCUT2D eigenvalue weighted by molar-refractivity contribution is 5.51. The van der Waals surface area contributed by atoms with Crippen molar-refractivity contribution in [2.45, 2.75) is 6.92 Å². The van der Waals surface area contributed by atoms with E-state index >= 15 is 0 Å². The highest BCUT2D eigenvalue weighted by atomic mass is 16.5. The fourth-order valence-corrected chi connectivity index (χ4v) is 1.35. The van der Waals surface area contributed by atoms with Gasteiger partial charge in [0.1, 0.15) is 24.0 Å². The second kappa shape index (κ2) is 6.60. The second-order valence-electron chi connectivity index (χ2n) is 3.67. The number of anilines is 2.